The van der Waals surface area contributed by atoms with Gasteiger partial charge in [-0.3, -0.25) is 9.59 Å². The highest BCUT2D eigenvalue weighted by Crippen LogP contribution is 2.37. The first-order valence-corrected chi connectivity index (χ1v) is 6.32. The summed E-state index contributed by atoms with van der Waals surface area (Å²) >= 11 is 0. The molecule has 0 aromatic rings. The molecule has 5 nitrogen and oxygen atoms in total. The summed E-state index contributed by atoms with van der Waals surface area (Å²) in [5.41, 5.74) is 5.17. The summed E-state index contributed by atoms with van der Waals surface area (Å²) in [5, 5.41) is 5.49. The Labute approximate surface area is 103 Å². The van der Waals surface area contributed by atoms with Gasteiger partial charge >= 0.3 is 0 Å². The molecule has 17 heavy (non-hydrogen) atoms. The van der Waals surface area contributed by atoms with Crippen molar-refractivity contribution in [2.75, 3.05) is 13.1 Å². The van der Waals surface area contributed by atoms with E-state index in [-0.39, 0.29) is 11.8 Å². The maximum Gasteiger partial charge on any atom is 0.240 e. The highest BCUT2D eigenvalue weighted by atomic mass is 16.2. The minimum atomic E-state index is -0.778. The minimum Gasteiger partial charge on any atom is -0.356 e. The summed E-state index contributed by atoms with van der Waals surface area (Å²) in [6, 6.07) is 0. The summed E-state index contributed by atoms with van der Waals surface area (Å²) in [6.07, 6.45) is 3.28. The molecule has 1 aliphatic rings. The lowest BCUT2D eigenvalue weighted by Gasteiger charge is -2.22. The fraction of sp³-hybridized carbons (Fsp3) is 0.833. The lowest BCUT2D eigenvalue weighted by Crippen LogP contribution is -2.53. The van der Waals surface area contributed by atoms with Crippen LogP contribution in [0, 0.1) is 5.92 Å². The van der Waals surface area contributed by atoms with E-state index in [1.54, 1.807) is 6.92 Å². The quantitative estimate of drug-likeness (QED) is 0.593. The van der Waals surface area contributed by atoms with Crippen molar-refractivity contribution in [3.05, 3.63) is 0 Å². The maximum absolute atomic E-state index is 11.8. The molecule has 0 aliphatic heterocycles. The fourth-order valence-corrected chi connectivity index (χ4v) is 1.70. The van der Waals surface area contributed by atoms with E-state index in [0.717, 1.165) is 19.3 Å². The Morgan fingerprint density at radius 3 is 2.47 bits per heavy atom. The van der Waals surface area contributed by atoms with Gasteiger partial charge in [-0.1, -0.05) is 6.92 Å². The van der Waals surface area contributed by atoms with Gasteiger partial charge in [-0.25, -0.2) is 0 Å². The van der Waals surface area contributed by atoms with E-state index in [2.05, 4.69) is 10.6 Å². The molecule has 1 fully saturated rings. The van der Waals surface area contributed by atoms with Crippen LogP contribution in [0.1, 0.15) is 39.5 Å². The second-order valence-corrected chi connectivity index (χ2v) is 4.91. The van der Waals surface area contributed by atoms with Gasteiger partial charge in [0.2, 0.25) is 11.8 Å². The lowest BCUT2D eigenvalue weighted by molar-refractivity contribution is -0.126. The molecule has 0 radical (unpaired) electrons. The molecule has 1 rings (SSSR count). The van der Waals surface area contributed by atoms with Gasteiger partial charge in [0.25, 0.3) is 0 Å². The predicted molar refractivity (Wildman–Crippen MR) is 66.2 cm³/mol. The van der Waals surface area contributed by atoms with Crippen molar-refractivity contribution in [2.45, 2.75) is 45.1 Å². The molecule has 1 saturated carbocycles. The standard InChI is InChI=1S/C12H23N3O2/c1-3-7-14-10(16)6-8-15-11(17)12(2,13)9-4-5-9/h9H,3-8,13H2,1-2H3,(H,14,16)(H,15,17). The van der Waals surface area contributed by atoms with E-state index in [0.29, 0.717) is 25.4 Å². The normalized spacial score (nSPS) is 18.3. The van der Waals surface area contributed by atoms with Crippen LogP contribution in [-0.4, -0.2) is 30.4 Å². The van der Waals surface area contributed by atoms with Gasteiger partial charge in [0.05, 0.1) is 5.54 Å². The molecule has 2 amide bonds. The Hall–Kier alpha value is -1.10. The molecule has 1 atom stereocenters. The number of nitrogens with one attached hydrogen (secondary N) is 2. The number of carbonyl (C=O) groups excluding carboxylic acids is 2. The van der Waals surface area contributed by atoms with Crippen LogP contribution >= 0.6 is 0 Å². The first kappa shape index (κ1) is 14.0. The van der Waals surface area contributed by atoms with E-state index in [4.69, 9.17) is 5.73 Å². The smallest absolute Gasteiger partial charge is 0.240 e. The van der Waals surface area contributed by atoms with Gasteiger partial charge < -0.3 is 16.4 Å². The lowest BCUT2D eigenvalue weighted by atomic mass is 9.96. The molecule has 98 valence electrons. The number of hydrogen-bond donors (Lipinski definition) is 3. The zero-order valence-electron chi connectivity index (χ0n) is 10.7. The summed E-state index contributed by atoms with van der Waals surface area (Å²) < 4.78 is 0. The maximum atomic E-state index is 11.8. The number of nitrogens with two attached hydrogens (primary N) is 1. The van der Waals surface area contributed by atoms with Gasteiger partial charge in [0.1, 0.15) is 0 Å². The van der Waals surface area contributed by atoms with Gasteiger partial charge in [0.15, 0.2) is 0 Å². The molecule has 0 saturated heterocycles. The first-order valence-electron chi connectivity index (χ1n) is 6.32. The van der Waals surface area contributed by atoms with E-state index in [1.807, 2.05) is 6.92 Å². The zero-order chi connectivity index (χ0) is 12.9. The third kappa shape index (κ3) is 4.34. The average molecular weight is 241 g/mol. The van der Waals surface area contributed by atoms with Crippen LogP contribution in [0.25, 0.3) is 0 Å². The number of carbonyl (C=O) groups is 2. The van der Waals surface area contributed by atoms with Gasteiger partial charge in [0, 0.05) is 19.5 Å². The van der Waals surface area contributed by atoms with Crippen molar-refractivity contribution in [2.24, 2.45) is 11.7 Å². The third-order valence-electron chi connectivity index (χ3n) is 3.12. The number of rotatable bonds is 7. The molecular weight excluding hydrogens is 218 g/mol. The monoisotopic (exact) mass is 241 g/mol. The second-order valence-electron chi connectivity index (χ2n) is 4.91. The molecule has 4 N–H and O–H groups in total. The van der Waals surface area contributed by atoms with Crippen molar-refractivity contribution < 1.29 is 9.59 Å². The van der Waals surface area contributed by atoms with Crippen molar-refractivity contribution in [3.63, 3.8) is 0 Å². The molecule has 0 aromatic heterocycles. The molecule has 1 unspecified atom stereocenters. The van der Waals surface area contributed by atoms with E-state index in [1.165, 1.54) is 0 Å². The summed E-state index contributed by atoms with van der Waals surface area (Å²) in [5.74, 6) is 0.122. The fourth-order valence-electron chi connectivity index (χ4n) is 1.70. The van der Waals surface area contributed by atoms with Crippen LogP contribution in [0.4, 0.5) is 0 Å². The van der Waals surface area contributed by atoms with Crippen LogP contribution in [0.5, 0.6) is 0 Å². The Bertz CT molecular complexity index is 285. The number of amides is 2. The SMILES string of the molecule is CCCNC(=O)CCNC(=O)C(C)(N)C1CC1. The average Bonchev–Trinajstić information content (AvgIpc) is 3.10. The topological polar surface area (TPSA) is 84.2 Å². The van der Waals surface area contributed by atoms with Crippen molar-refractivity contribution >= 4 is 11.8 Å². The van der Waals surface area contributed by atoms with Crippen LogP contribution in [0.3, 0.4) is 0 Å². The molecule has 0 bridgehead atoms. The highest BCUT2D eigenvalue weighted by Gasteiger charge is 2.43. The minimum absolute atomic E-state index is 0.0303. The van der Waals surface area contributed by atoms with Crippen LogP contribution < -0.4 is 16.4 Å². The largest absolute Gasteiger partial charge is 0.356 e. The molecule has 5 heteroatoms. The van der Waals surface area contributed by atoms with E-state index >= 15 is 0 Å². The number of hydrogen-bond acceptors (Lipinski definition) is 3. The van der Waals surface area contributed by atoms with Crippen LogP contribution in [0.15, 0.2) is 0 Å². The molecule has 0 heterocycles. The predicted octanol–water partition coefficient (Wildman–Crippen LogP) is 0.146. The molecule has 1 aliphatic carbocycles. The van der Waals surface area contributed by atoms with Crippen molar-refractivity contribution in [1.82, 2.24) is 10.6 Å². The van der Waals surface area contributed by atoms with Gasteiger partial charge in [-0.15, -0.1) is 0 Å². The molecule has 0 spiro atoms. The first-order chi connectivity index (χ1) is 7.98. The Morgan fingerprint density at radius 1 is 1.29 bits per heavy atom. The van der Waals surface area contributed by atoms with Crippen LogP contribution in [-0.2, 0) is 9.59 Å². The summed E-state index contributed by atoms with van der Waals surface area (Å²) in [7, 11) is 0. The zero-order valence-corrected chi connectivity index (χ0v) is 10.7. The third-order valence-corrected chi connectivity index (χ3v) is 3.12. The summed E-state index contributed by atoms with van der Waals surface area (Å²) in [4.78, 5) is 23.1. The van der Waals surface area contributed by atoms with Crippen molar-refractivity contribution in [1.29, 1.82) is 0 Å². The molecule has 0 aromatic carbocycles. The summed E-state index contributed by atoms with van der Waals surface area (Å²) in [6.45, 7) is 4.80. The second kappa shape index (κ2) is 6.00. The highest BCUT2D eigenvalue weighted by molar-refractivity contribution is 5.87. The van der Waals surface area contributed by atoms with E-state index < -0.39 is 5.54 Å². The Morgan fingerprint density at radius 2 is 1.94 bits per heavy atom. The molecular formula is C12H23N3O2. The van der Waals surface area contributed by atoms with Crippen LogP contribution in [0.2, 0.25) is 0 Å². The Kier molecular flexibility index (Phi) is 4.93. The van der Waals surface area contributed by atoms with Gasteiger partial charge in [-0.2, -0.15) is 0 Å². The Balaban J connectivity index is 2.17. The van der Waals surface area contributed by atoms with Crippen molar-refractivity contribution in [3.8, 4) is 0 Å². The van der Waals surface area contributed by atoms with Gasteiger partial charge in [-0.05, 0) is 32.1 Å². The van der Waals surface area contributed by atoms with E-state index in [9.17, 15) is 9.59 Å².